The lowest BCUT2D eigenvalue weighted by Gasteiger charge is -2.28. The third-order valence-corrected chi connectivity index (χ3v) is 6.11. The fraction of sp³-hybridized carbons (Fsp3) is 0.750. The van der Waals surface area contributed by atoms with Crippen molar-refractivity contribution < 1.29 is 9.53 Å². The van der Waals surface area contributed by atoms with Gasteiger partial charge in [-0.2, -0.15) is 0 Å². The summed E-state index contributed by atoms with van der Waals surface area (Å²) in [6.07, 6.45) is 8.33. The molecular formula is C20H30O2. The van der Waals surface area contributed by atoms with Crippen molar-refractivity contribution in [2.45, 2.75) is 59.8 Å². The predicted molar refractivity (Wildman–Crippen MR) is 89.3 cm³/mol. The van der Waals surface area contributed by atoms with E-state index < -0.39 is 0 Å². The van der Waals surface area contributed by atoms with Crippen LogP contribution in [-0.2, 0) is 9.53 Å². The van der Waals surface area contributed by atoms with E-state index in [1.165, 1.54) is 30.4 Å². The molecule has 3 rings (SSSR count). The van der Waals surface area contributed by atoms with Crippen molar-refractivity contribution >= 4 is 5.97 Å². The number of carbonyl (C=O) groups excluding carboxylic acids is 1. The van der Waals surface area contributed by atoms with E-state index in [1.807, 2.05) is 0 Å². The van der Waals surface area contributed by atoms with Gasteiger partial charge in [-0.3, -0.25) is 0 Å². The van der Waals surface area contributed by atoms with Crippen LogP contribution in [0.2, 0.25) is 0 Å². The Morgan fingerprint density at radius 3 is 2.86 bits per heavy atom. The van der Waals surface area contributed by atoms with Gasteiger partial charge < -0.3 is 4.74 Å². The molecule has 5 atom stereocenters. The van der Waals surface area contributed by atoms with Gasteiger partial charge >= 0.3 is 5.97 Å². The number of hydrogen-bond donors (Lipinski definition) is 0. The molecule has 0 bridgehead atoms. The maximum Gasteiger partial charge on any atom is 0.334 e. The van der Waals surface area contributed by atoms with E-state index in [0.29, 0.717) is 24.4 Å². The molecule has 2 heteroatoms. The number of rotatable bonds is 4. The lowest BCUT2D eigenvalue weighted by Crippen LogP contribution is -2.22. The Morgan fingerprint density at radius 1 is 1.36 bits per heavy atom. The van der Waals surface area contributed by atoms with Crippen LogP contribution < -0.4 is 0 Å². The van der Waals surface area contributed by atoms with E-state index in [0.717, 1.165) is 30.3 Å². The lowest BCUT2D eigenvalue weighted by molar-refractivity contribution is -0.136. The van der Waals surface area contributed by atoms with Crippen LogP contribution in [0.1, 0.15) is 59.8 Å². The molecule has 0 aromatic carbocycles. The van der Waals surface area contributed by atoms with Crippen LogP contribution in [0, 0.1) is 29.6 Å². The first-order valence-corrected chi connectivity index (χ1v) is 9.02. The summed E-state index contributed by atoms with van der Waals surface area (Å²) in [7, 11) is 0. The van der Waals surface area contributed by atoms with Crippen molar-refractivity contribution in [2.24, 2.45) is 29.6 Å². The van der Waals surface area contributed by atoms with Crippen molar-refractivity contribution in [3.05, 3.63) is 22.8 Å². The van der Waals surface area contributed by atoms with E-state index in [9.17, 15) is 4.79 Å². The second-order valence-corrected chi connectivity index (χ2v) is 8.02. The second-order valence-electron chi connectivity index (χ2n) is 8.02. The van der Waals surface area contributed by atoms with Crippen LogP contribution in [-0.4, -0.2) is 12.6 Å². The number of ether oxygens (including phenoxy) is 1. The van der Waals surface area contributed by atoms with Gasteiger partial charge in [0.15, 0.2) is 0 Å². The molecule has 0 amide bonds. The van der Waals surface area contributed by atoms with E-state index in [1.54, 1.807) is 0 Å². The monoisotopic (exact) mass is 302 g/mol. The smallest absolute Gasteiger partial charge is 0.334 e. The highest BCUT2D eigenvalue weighted by atomic mass is 16.5. The SMILES string of the molecule is CC(C)=CCC[C@@H](C)[C@@H]1CC[C@@H](C)[C@@H]2C[C@@H]2C2=C1C(=O)OC2. The average molecular weight is 302 g/mol. The number of fused-ring (bicyclic) bond motifs is 2. The zero-order chi connectivity index (χ0) is 15.9. The Hall–Kier alpha value is -1.05. The number of carbonyl (C=O) groups is 1. The highest BCUT2D eigenvalue weighted by Crippen LogP contribution is 2.55. The van der Waals surface area contributed by atoms with Crippen LogP contribution in [0.15, 0.2) is 22.8 Å². The minimum atomic E-state index is -0.00531. The van der Waals surface area contributed by atoms with E-state index in [2.05, 4.69) is 33.8 Å². The van der Waals surface area contributed by atoms with Crippen LogP contribution in [0.3, 0.4) is 0 Å². The Balaban J connectivity index is 1.79. The fourth-order valence-corrected chi connectivity index (χ4v) is 4.58. The molecule has 0 N–H and O–H groups in total. The van der Waals surface area contributed by atoms with Crippen LogP contribution >= 0.6 is 0 Å². The summed E-state index contributed by atoms with van der Waals surface area (Å²) in [5.74, 6) is 3.26. The molecule has 2 aliphatic carbocycles. The Bertz CT molecular complexity index is 510. The molecule has 122 valence electrons. The molecule has 1 fully saturated rings. The van der Waals surface area contributed by atoms with E-state index in [-0.39, 0.29) is 5.97 Å². The van der Waals surface area contributed by atoms with E-state index >= 15 is 0 Å². The summed E-state index contributed by atoms with van der Waals surface area (Å²) in [4.78, 5) is 12.3. The van der Waals surface area contributed by atoms with Crippen molar-refractivity contribution in [3.63, 3.8) is 0 Å². The first kappa shape index (κ1) is 15.8. The van der Waals surface area contributed by atoms with Gasteiger partial charge in [0.2, 0.25) is 0 Å². The summed E-state index contributed by atoms with van der Waals surface area (Å²) in [6, 6.07) is 0. The average Bonchev–Trinajstić information content (AvgIpc) is 3.15. The third-order valence-electron chi connectivity index (χ3n) is 6.11. The lowest BCUT2D eigenvalue weighted by atomic mass is 9.75. The third kappa shape index (κ3) is 3.02. The molecular weight excluding hydrogens is 272 g/mol. The van der Waals surface area contributed by atoms with Gasteiger partial charge in [0.05, 0.1) is 0 Å². The van der Waals surface area contributed by atoms with Gasteiger partial charge in [-0.25, -0.2) is 4.79 Å². The highest BCUT2D eigenvalue weighted by Gasteiger charge is 2.49. The van der Waals surface area contributed by atoms with Crippen LogP contribution in [0.25, 0.3) is 0 Å². The zero-order valence-corrected chi connectivity index (χ0v) is 14.5. The van der Waals surface area contributed by atoms with Crippen LogP contribution in [0.4, 0.5) is 0 Å². The minimum Gasteiger partial charge on any atom is -0.458 e. The van der Waals surface area contributed by atoms with Crippen molar-refractivity contribution in [2.75, 3.05) is 6.61 Å². The normalized spacial score (nSPS) is 35.0. The first-order chi connectivity index (χ1) is 10.5. The summed E-state index contributed by atoms with van der Waals surface area (Å²) in [6.45, 7) is 9.63. The quantitative estimate of drug-likeness (QED) is 0.545. The molecule has 0 spiro atoms. The molecule has 3 aliphatic rings. The zero-order valence-electron chi connectivity index (χ0n) is 14.5. The summed E-state index contributed by atoms with van der Waals surface area (Å²) in [5, 5.41) is 0. The molecule has 22 heavy (non-hydrogen) atoms. The number of hydrogen-bond acceptors (Lipinski definition) is 2. The van der Waals surface area contributed by atoms with Gasteiger partial charge in [0, 0.05) is 5.57 Å². The molecule has 0 radical (unpaired) electrons. The molecule has 2 nitrogen and oxygen atoms in total. The van der Waals surface area contributed by atoms with Crippen molar-refractivity contribution in [3.8, 4) is 0 Å². The fourth-order valence-electron chi connectivity index (χ4n) is 4.58. The van der Waals surface area contributed by atoms with Gasteiger partial charge in [-0.1, -0.05) is 25.5 Å². The molecule has 0 aromatic heterocycles. The molecule has 1 aliphatic heterocycles. The van der Waals surface area contributed by atoms with Crippen molar-refractivity contribution in [1.29, 1.82) is 0 Å². The Labute approximate surface area is 135 Å². The minimum absolute atomic E-state index is 0.00531. The molecule has 1 saturated carbocycles. The highest BCUT2D eigenvalue weighted by molar-refractivity contribution is 5.92. The summed E-state index contributed by atoms with van der Waals surface area (Å²) in [5.41, 5.74) is 3.85. The molecule has 1 heterocycles. The number of allylic oxidation sites excluding steroid dienone is 2. The number of cyclic esters (lactones) is 1. The topological polar surface area (TPSA) is 26.3 Å². The van der Waals surface area contributed by atoms with Gasteiger partial charge in [0.25, 0.3) is 0 Å². The van der Waals surface area contributed by atoms with Gasteiger partial charge in [-0.05, 0) is 81.1 Å². The second kappa shape index (κ2) is 6.22. The van der Waals surface area contributed by atoms with Gasteiger partial charge in [-0.15, -0.1) is 0 Å². The predicted octanol–water partition coefficient (Wildman–Crippen LogP) is 4.90. The van der Waals surface area contributed by atoms with Crippen molar-refractivity contribution in [1.82, 2.24) is 0 Å². The number of esters is 1. The molecule has 0 aromatic rings. The Kier molecular flexibility index (Phi) is 4.47. The largest absolute Gasteiger partial charge is 0.458 e. The molecule has 0 unspecified atom stereocenters. The maximum absolute atomic E-state index is 12.3. The Morgan fingerprint density at radius 2 is 2.14 bits per heavy atom. The standard InChI is InChI=1S/C20H30O2/c1-12(2)6-5-7-13(3)15-9-8-14(4)16-10-17(16)18-11-22-20(21)19(15)18/h6,13-17H,5,7-11H2,1-4H3/t13-,14-,15+,16+,17+/m1/s1. The van der Waals surface area contributed by atoms with Gasteiger partial charge in [0.1, 0.15) is 6.61 Å². The molecule has 0 saturated heterocycles. The van der Waals surface area contributed by atoms with E-state index in [4.69, 9.17) is 4.74 Å². The maximum atomic E-state index is 12.3. The summed E-state index contributed by atoms with van der Waals surface area (Å²) < 4.78 is 5.44. The van der Waals surface area contributed by atoms with Crippen LogP contribution in [0.5, 0.6) is 0 Å². The summed E-state index contributed by atoms with van der Waals surface area (Å²) >= 11 is 0. The first-order valence-electron chi connectivity index (χ1n) is 9.02.